The van der Waals surface area contributed by atoms with Crippen molar-refractivity contribution < 1.29 is 13.2 Å². The number of hydrogen-bond acceptors (Lipinski definition) is 7. The van der Waals surface area contributed by atoms with Crippen LogP contribution in [0.2, 0.25) is 0 Å². The zero-order valence-electron chi connectivity index (χ0n) is 12.0. The van der Waals surface area contributed by atoms with Crippen molar-refractivity contribution in [2.24, 2.45) is 4.40 Å². The summed E-state index contributed by atoms with van der Waals surface area (Å²) in [6.07, 6.45) is 4.10. The average Bonchev–Trinajstić information content (AvgIpc) is 2.57. The summed E-state index contributed by atoms with van der Waals surface area (Å²) in [5.74, 6) is -0.591. The first kappa shape index (κ1) is 14.9. The molecule has 3 rings (SSSR count). The molecule has 1 aliphatic rings. The quantitative estimate of drug-likeness (QED) is 0.701. The maximum Gasteiger partial charge on any atom is 0.289 e. The Hall–Kier alpha value is -3.01. The monoisotopic (exact) mass is 332 g/mol. The number of hydrazine groups is 1. The first-order valence-corrected chi connectivity index (χ1v) is 7.93. The van der Waals surface area contributed by atoms with Crippen molar-refractivity contribution in [1.29, 1.82) is 0 Å². The van der Waals surface area contributed by atoms with Gasteiger partial charge >= 0.3 is 0 Å². The van der Waals surface area contributed by atoms with E-state index in [4.69, 9.17) is 0 Å². The van der Waals surface area contributed by atoms with Gasteiger partial charge in [-0.3, -0.25) is 20.6 Å². The largest absolute Gasteiger partial charge is 0.312 e. The summed E-state index contributed by atoms with van der Waals surface area (Å²) in [5, 5.41) is 0. The molecule has 0 saturated heterocycles. The molecule has 1 aromatic heterocycles. The lowest BCUT2D eigenvalue weighted by molar-refractivity contribution is 0.0938. The third kappa shape index (κ3) is 2.83. The second-order valence-corrected chi connectivity index (χ2v) is 6.16. The Bertz CT molecular complexity index is 882. The van der Waals surface area contributed by atoms with Crippen LogP contribution in [0, 0.1) is 0 Å². The lowest BCUT2D eigenvalue weighted by atomic mass is 10.3. The van der Waals surface area contributed by atoms with E-state index in [1.54, 1.807) is 25.2 Å². The molecule has 0 aliphatic carbocycles. The van der Waals surface area contributed by atoms with Crippen LogP contribution in [-0.4, -0.2) is 37.3 Å². The van der Waals surface area contributed by atoms with E-state index < -0.39 is 15.9 Å². The SMILES string of the molecule is CN1C(NNC(=O)c2cnccn2)=NS(=O)(=O)c2ccccc21. The predicted octanol–water partition coefficient (Wildman–Crippen LogP) is -0.0943. The molecule has 0 radical (unpaired) electrons. The highest BCUT2D eigenvalue weighted by molar-refractivity contribution is 7.90. The Labute approximate surface area is 132 Å². The van der Waals surface area contributed by atoms with Gasteiger partial charge in [0.25, 0.3) is 15.9 Å². The zero-order valence-corrected chi connectivity index (χ0v) is 12.8. The van der Waals surface area contributed by atoms with Crippen LogP contribution < -0.4 is 15.8 Å². The van der Waals surface area contributed by atoms with Crippen LogP contribution in [0.1, 0.15) is 10.5 Å². The fourth-order valence-electron chi connectivity index (χ4n) is 1.99. The van der Waals surface area contributed by atoms with Crippen LogP contribution in [0.5, 0.6) is 0 Å². The Kier molecular flexibility index (Phi) is 3.66. The second-order valence-electron chi connectivity index (χ2n) is 4.59. The molecule has 0 bridgehead atoms. The minimum absolute atomic E-state index is 0.0269. The predicted molar refractivity (Wildman–Crippen MR) is 82.1 cm³/mol. The van der Waals surface area contributed by atoms with E-state index in [0.717, 1.165) is 0 Å². The number of nitrogens with one attached hydrogen (secondary N) is 2. The van der Waals surface area contributed by atoms with Crippen molar-refractivity contribution >= 4 is 27.6 Å². The number of nitrogens with zero attached hydrogens (tertiary/aromatic N) is 4. The molecule has 1 aliphatic heterocycles. The number of sulfonamides is 1. The zero-order chi connectivity index (χ0) is 16.4. The van der Waals surface area contributed by atoms with Crippen LogP contribution in [0.15, 0.2) is 52.1 Å². The molecule has 0 saturated carbocycles. The van der Waals surface area contributed by atoms with Gasteiger partial charge in [-0.2, -0.15) is 8.42 Å². The molecule has 1 aromatic carbocycles. The molecular formula is C13H12N6O3S. The van der Waals surface area contributed by atoms with Crippen LogP contribution in [0.4, 0.5) is 5.69 Å². The first-order valence-electron chi connectivity index (χ1n) is 6.49. The van der Waals surface area contributed by atoms with Gasteiger partial charge in [-0.15, -0.1) is 4.40 Å². The van der Waals surface area contributed by atoms with Crippen LogP contribution in [0.25, 0.3) is 0 Å². The Balaban J connectivity index is 1.82. The van der Waals surface area contributed by atoms with Crippen molar-refractivity contribution in [3.05, 3.63) is 48.5 Å². The first-order chi connectivity index (χ1) is 11.0. The van der Waals surface area contributed by atoms with Crippen molar-refractivity contribution in [1.82, 2.24) is 20.8 Å². The molecule has 0 spiro atoms. The van der Waals surface area contributed by atoms with Crippen molar-refractivity contribution in [3.8, 4) is 0 Å². The molecule has 118 valence electrons. The van der Waals surface area contributed by atoms with Crippen LogP contribution in [-0.2, 0) is 10.0 Å². The minimum Gasteiger partial charge on any atom is -0.312 e. The third-order valence-electron chi connectivity index (χ3n) is 3.11. The summed E-state index contributed by atoms with van der Waals surface area (Å²) >= 11 is 0. The van der Waals surface area contributed by atoms with E-state index in [1.165, 1.54) is 29.6 Å². The number of aromatic nitrogens is 2. The topological polar surface area (TPSA) is 117 Å². The van der Waals surface area contributed by atoms with E-state index >= 15 is 0 Å². The lowest BCUT2D eigenvalue weighted by Crippen LogP contribution is -2.50. The summed E-state index contributed by atoms with van der Waals surface area (Å²) < 4.78 is 28.0. The molecule has 2 N–H and O–H groups in total. The molecule has 0 fully saturated rings. The molecule has 1 amide bonds. The number of amides is 1. The van der Waals surface area contributed by atoms with E-state index in [1.807, 2.05) is 0 Å². The summed E-state index contributed by atoms with van der Waals surface area (Å²) in [4.78, 5) is 21.1. The van der Waals surface area contributed by atoms with E-state index in [-0.39, 0.29) is 16.5 Å². The molecule has 0 unspecified atom stereocenters. The number of benzene rings is 1. The minimum atomic E-state index is -3.83. The maximum absolute atomic E-state index is 12.2. The van der Waals surface area contributed by atoms with Crippen molar-refractivity contribution in [2.75, 3.05) is 11.9 Å². The number of anilines is 1. The van der Waals surface area contributed by atoms with Gasteiger partial charge < -0.3 is 4.90 Å². The molecule has 9 nitrogen and oxygen atoms in total. The summed E-state index contributed by atoms with van der Waals surface area (Å²) in [5.41, 5.74) is 5.38. The summed E-state index contributed by atoms with van der Waals surface area (Å²) in [6.45, 7) is 0. The van der Waals surface area contributed by atoms with Gasteiger partial charge in [0.15, 0.2) is 0 Å². The third-order valence-corrected chi connectivity index (χ3v) is 4.43. The van der Waals surface area contributed by atoms with E-state index in [0.29, 0.717) is 5.69 Å². The van der Waals surface area contributed by atoms with Gasteiger partial charge in [0, 0.05) is 19.4 Å². The second kappa shape index (κ2) is 5.65. The standard InChI is InChI=1S/C13H12N6O3S/c1-19-10-4-2-3-5-11(10)23(21,22)18-13(19)17-16-12(20)9-8-14-6-7-15-9/h2-8H,1H3,(H,16,20)(H,17,18). The highest BCUT2D eigenvalue weighted by atomic mass is 32.2. The van der Waals surface area contributed by atoms with Gasteiger partial charge in [-0.05, 0) is 12.1 Å². The maximum atomic E-state index is 12.2. The van der Waals surface area contributed by atoms with Gasteiger partial charge in [-0.25, -0.2) is 4.98 Å². The number of guanidine groups is 1. The Morgan fingerprint density at radius 3 is 2.74 bits per heavy atom. The molecular weight excluding hydrogens is 320 g/mol. The lowest BCUT2D eigenvalue weighted by Gasteiger charge is -2.27. The number of carbonyl (C=O) groups excluding carboxylic acids is 1. The van der Waals surface area contributed by atoms with Crippen molar-refractivity contribution in [3.63, 3.8) is 0 Å². The molecule has 0 atom stereocenters. The van der Waals surface area contributed by atoms with Crippen LogP contribution >= 0.6 is 0 Å². The van der Waals surface area contributed by atoms with E-state index in [9.17, 15) is 13.2 Å². The number of rotatable bonds is 1. The number of hydrogen-bond donors (Lipinski definition) is 2. The smallest absolute Gasteiger partial charge is 0.289 e. The highest BCUT2D eigenvalue weighted by Gasteiger charge is 2.28. The van der Waals surface area contributed by atoms with E-state index in [2.05, 4.69) is 25.2 Å². The Morgan fingerprint density at radius 1 is 1.22 bits per heavy atom. The van der Waals surface area contributed by atoms with Gasteiger partial charge in [0.2, 0.25) is 5.96 Å². The number of para-hydroxylation sites is 1. The summed E-state index contributed by atoms with van der Waals surface area (Å²) in [6, 6.07) is 6.45. The Morgan fingerprint density at radius 2 is 2.00 bits per heavy atom. The van der Waals surface area contributed by atoms with Gasteiger partial charge in [0.05, 0.1) is 11.9 Å². The number of fused-ring (bicyclic) bond motifs is 1. The molecule has 23 heavy (non-hydrogen) atoms. The molecule has 2 heterocycles. The average molecular weight is 332 g/mol. The summed E-state index contributed by atoms with van der Waals surface area (Å²) in [7, 11) is -2.20. The fraction of sp³-hybridized carbons (Fsp3) is 0.0769. The number of carbonyl (C=O) groups is 1. The van der Waals surface area contributed by atoms with Crippen LogP contribution in [0.3, 0.4) is 0 Å². The molecule has 10 heteroatoms. The van der Waals surface area contributed by atoms with Crippen molar-refractivity contribution in [2.45, 2.75) is 4.90 Å². The highest BCUT2D eigenvalue weighted by Crippen LogP contribution is 2.29. The van der Waals surface area contributed by atoms with Gasteiger partial charge in [0.1, 0.15) is 10.6 Å². The van der Waals surface area contributed by atoms with Gasteiger partial charge in [-0.1, -0.05) is 12.1 Å². The molecule has 2 aromatic rings. The normalized spacial score (nSPS) is 15.3. The fourth-order valence-corrected chi connectivity index (χ4v) is 3.20.